The Morgan fingerprint density at radius 1 is 1.05 bits per heavy atom. The summed E-state index contributed by atoms with van der Waals surface area (Å²) in [5.74, 6) is 1.60. The van der Waals surface area contributed by atoms with E-state index in [9.17, 15) is 0 Å². The van der Waals surface area contributed by atoms with Gasteiger partial charge in [0.1, 0.15) is 18.9 Å². The minimum absolute atomic E-state index is 0.598. The quantitative estimate of drug-likeness (QED) is 0.679. The molecule has 0 aliphatic carbocycles. The molecule has 0 saturated heterocycles. The molecule has 0 bridgehead atoms. The highest BCUT2D eigenvalue weighted by molar-refractivity contribution is 5.66. The molecule has 3 heterocycles. The van der Waals surface area contributed by atoms with E-state index in [2.05, 4.69) is 28.6 Å². The molecule has 1 aromatic carbocycles. The molecular formula is C16H14N2O2. The van der Waals surface area contributed by atoms with Crippen molar-refractivity contribution in [2.75, 3.05) is 13.2 Å². The SMILES string of the molecule is Cc1cccc2nc(-c3ccc4c(c3)OCCO4)cn12. The fourth-order valence-corrected chi connectivity index (χ4v) is 2.49. The van der Waals surface area contributed by atoms with E-state index < -0.39 is 0 Å². The number of aromatic nitrogens is 2. The van der Waals surface area contributed by atoms with Crippen LogP contribution in [0.5, 0.6) is 11.5 Å². The molecule has 0 spiro atoms. The number of hydrogen-bond acceptors (Lipinski definition) is 3. The van der Waals surface area contributed by atoms with Crippen LogP contribution in [0.4, 0.5) is 0 Å². The Morgan fingerprint density at radius 2 is 1.90 bits per heavy atom. The van der Waals surface area contributed by atoms with Gasteiger partial charge in [0.05, 0.1) is 5.69 Å². The van der Waals surface area contributed by atoms with Gasteiger partial charge >= 0.3 is 0 Å². The first kappa shape index (κ1) is 11.3. The number of hydrogen-bond donors (Lipinski definition) is 0. The van der Waals surface area contributed by atoms with E-state index in [1.54, 1.807) is 0 Å². The molecular weight excluding hydrogens is 252 g/mol. The Kier molecular flexibility index (Phi) is 2.42. The lowest BCUT2D eigenvalue weighted by Gasteiger charge is -2.18. The van der Waals surface area contributed by atoms with Crippen molar-refractivity contribution in [2.24, 2.45) is 0 Å². The van der Waals surface area contributed by atoms with Gasteiger partial charge in [0.2, 0.25) is 0 Å². The Morgan fingerprint density at radius 3 is 2.75 bits per heavy atom. The molecule has 0 radical (unpaired) electrons. The van der Waals surface area contributed by atoms with Crippen molar-refractivity contribution in [2.45, 2.75) is 6.92 Å². The molecule has 0 saturated carbocycles. The highest BCUT2D eigenvalue weighted by Crippen LogP contribution is 2.34. The molecule has 4 heteroatoms. The zero-order valence-corrected chi connectivity index (χ0v) is 11.2. The summed E-state index contributed by atoms with van der Waals surface area (Å²) in [6.07, 6.45) is 2.05. The highest BCUT2D eigenvalue weighted by atomic mass is 16.6. The van der Waals surface area contributed by atoms with E-state index in [0.717, 1.165) is 28.4 Å². The van der Waals surface area contributed by atoms with Gasteiger partial charge in [0.15, 0.2) is 11.5 Å². The second kappa shape index (κ2) is 4.27. The van der Waals surface area contributed by atoms with Crippen LogP contribution in [-0.4, -0.2) is 22.6 Å². The van der Waals surface area contributed by atoms with Gasteiger partial charge in [0.25, 0.3) is 0 Å². The van der Waals surface area contributed by atoms with Gasteiger partial charge in [-0.2, -0.15) is 0 Å². The highest BCUT2D eigenvalue weighted by Gasteiger charge is 2.13. The smallest absolute Gasteiger partial charge is 0.162 e. The summed E-state index contributed by atoms with van der Waals surface area (Å²) in [5.41, 5.74) is 4.10. The third-order valence-electron chi connectivity index (χ3n) is 3.53. The Balaban J connectivity index is 1.84. The van der Waals surface area contributed by atoms with Gasteiger partial charge in [-0.05, 0) is 37.3 Å². The fourth-order valence-electron chi connectivity index (χ4n) is 2.49. The molecule has 4 nitrogen and oxygen atoms in total. The van der Waals surface area contributed by atoms with Crippen molar-refractivity contribution in [3.8, 4) is 22.8 Å². The van der Waals surface area contributed by atoms with Crippen LogP contribution in [0.2, 0.25) is 0 Å². The molecule has 0 amide bonds. The first-order chi connectivity index (χ1) is 9.81. The third kappa shape index (κ3) is 1.72. The summed E-state index contributed by atoms with van der Waals surface area (Å²) in [7, 11) is 0. The lowest BCUT2D eigenvalue weighted by atomic mass is 10.1. The van der Waals surface area contributed by atoms with Crippen LogP contribution in [0.3, 0.4) is 0 Å². The molecule has 20 heavy (non-hydrogen) atoms. The van der Waals surface area contributed by atoms with Crippen molar-refractivity contribution in [1.29, 1.82) is 0 Å². The third-order valence-corrected chi connectivity index (χ3v) is 3.53. The summed E-state index contributed by atoms with van der Waals surface area (Å²) in [5, 5.41) is 0. The topological polar surface area (TPSA) is 35.8 Å². The molecule has 3 aromatic rings. The normalized spacial score (nSPS) is 13.7. The monoisotopic (exact) mass is 266 g/mol. The van der Waals surface area contributed by atoms with Crippen LogP contribution in [0.15, 0.2) is 42.6 Å². The molecule has 0 atom stereocenters. The van der Waals surface area contributed by atoms with Gasteiger partial charge in [-0.3, -0.25) is 0 Å². The number of pyridine rings is 1. The molecule has 1 aliphatic rings. The van der Waals surface area contributed by atoms with Crippen LogP contribution < -0.4 is 9.47 Å². The second-order valence-corrected chi connectivity index (χ2v) is 4.88. The van der Waals surface area contributed by atoms with E-state index in [-0.39, 0.29) is 0 Å². The first-order valence-corrected chi connectivity index (χ1v) is 6.66. The summed E-state index contributed by atoms with van der Waals surface area (Å²) in [6.45, 7) is 3.28. The number of benzene rings is 1. The lowest BCUT2D eigenvalue weighted by Crippen LogP contribution is -2.15. The first-order valence-electron chi connectivity index (χ1n) is 6.66. The molecule has 0 unspecified atom stereocenters. The number of nitrogens with zero attached hydrogens (tertiary/aromatic N) is 2. The minimum atomic E-state index is 0.598. The van der Waals surface area contributed by atoms with Crippen LogP contribution in [0.25, 0.3) is 16.9 Å². The maximum atomic E-state index is 5.62. The standard InChI is InChI=1S/C16H14N2O2/c1-11-3-2-4-16-17-13(10-18(11)16)12-5-6-14-15(9-12)20-8-7-19-14/h2-6,9-10H,7-8H2,1H3. The van der Waals surface area contributed by atoms with Crippen LogP contribution in [0, 0.1) is 6.92 Å². The number of rotatable bonds is 1. The predicted octanol–water partition coefficient (Wildman–Crippen LogP) is 3.08. The summed E-state index contributed by atoms with van der Waals surface area (Å²) in [4.78, 5) is 4.66. The van der Waals surface area contributed by atoms with Crippen molar-refractivity contribution in [1.82, 2.24) is 9.38 Å². The van der Waals surface area contributed by atoms with Crippen LogP contribution >= 0.6 is 0 Å². The zero-order chi connectivity index (χ0) is 13.5. The van der Waals surface area contributed by atoms with Gasteiger partial charge in [-0.15, -0.1) is 0 Å². The van der Waals surface area contributed by atoms with Gasteiger partial charge in [-0.25, -0.2) is 4.98 Å². The Labute approximate surface area is 116 Å². The van der Waals surface area contributed by atoms with E-state index in [4.69, 9.17) is 9.47 Å². The maximum Gasteiger partial charge on any atom is 0.162 e. The number of ether oxygens (including phenoxy) is 2. The van der Waals surface area contributed by atoms with Crippen molar-refractivity contribution < 1.29 is 9.47 Å². The number of imidazole rings is 1. The molecule has 0 fully saturated rings. The van der Waals surface area contributed by atoms with Gasteiger partial charge in [0, 0.05) is 17.5 Å². The number of fused-ring (bicyclic) bond motifs is 2. The van der Waals surface area contributed by atoms with E-state index in [1.807, 2.05) is 30.3 Å². The van der Waals surface area contributed by atoms with Gasteiger partial charge in [-0.1, -0.05) is 6.07 Å². The molecule has 4 rings (SSSR count). The summed E-state index contributed by atoms with van der Waals surface area (Å²) >= 11 is 0. The largest absolute Gasteiger partial charge is 0.486 e. The van der Waals surface area contributed by atoms with Crippen molar-refractivity contribution in [3.05, 3.63) is 48.3 Å². The average molecular weight is 266 g/mol. The van der Waals surface area contributed by atoms with E-state index >= 15 is 0 Å². The molecule has 0 N–H and O–H groups in total. The maximum absolute atomic E-state index is 5.62. The van der Waals surface area contributed by atoms with Crippen molar-refractivity contribution in [3.63, 3.8) is 0 Å². The molecule has 100 valence electrons. The molecule has 1 aliphatic heterocycles. The predicted molar refractivity (Wildman–Crippen MR) is 76.4 cm³/mol. The number of aryl methyl sites for hydroxylation is 1. The van der Waals surface area contributed by atoms with E-state index in [1.165, 1.54) is 5.69 Å². The second-order valence-electron chi connectivity index (χ2n) is 4.88. The summed E-state index contributed by atoms with van der Waals surface area (Å²) in [6, 6.07) is 12.1. The Hall–Kier alpha value is -2.49. The fraction of sp³-hybridized carbons (Fsp3) is 0.188. The molecule has 2 aromatic heterocycles. The van der Waals surface area contributed by atoms with Crippen LogP contribution in [0.1, 0.15) is 5.69 Å². The van der Waals surface area contributed by atoms with E-state index in [0.29, 0.717) is 13.2 Å². The Bertz CT molecular complexity index is 792. The summed E-state index contributed by atoms with van der Waals surface area (Å²) < 4.78 is 13.3. The van der Waals surface area contributed by atoms with Crippen LogP contribution in [-0.2, 0) is 0 Å². The van der Waals surface area contributed by atoms with Crippen molar-refractivity contribution >= 4 is 5.65 Å². The average Bonchev–Trinajstić information content (AvgIpc) is 2.92. The zero-order valence-electron chi connectivity index (χ0n) is 11.2. The minimum Gasteiger partial charge on any atom is -0.486 e. The lowest BCUT2D eigenvalue weighted by molar-refractivity contribution is 0.171. The van der Waals surface area contributed by atoms with Gasteiger partial charge < -0.3 is 13.9 Å².